The van der Waals surface area contributed by atoms with Crippen molar-refractivity contribution in [2.45, 2.75) is 51.4 Å². The average molecular weight is 527 g/mol. The molecule has 1 heterocycles. The van der Waals surface area contributed by atoms with Gasteiger partial charge in [-0.05, 0) is 25.3 Å². The first-order chi connectivity index (χ1) is 13.7. The van der Waals surface area contributed by atoms with Gasteiger partial charge in [-0.15, -0.1) is 24.0 Å². The van der Waals surface area contributed by atoms with Crippen molar-refractivity contribution in [3.63, 3.8) is 0 Å². The van der Waals surface area contributed by atoms with Gasteiger partial charge >= 0.3 is 6.61 Å². The van der Waals surface area contributed by atoms with Crippen LogP contribution in [0.5, 0.6) is 17.2 Å². The summed E-state index contributed by atoms with van der Waals surface area (Å²) in [5.41, 5.74) is 0.525. The summed E-state index contributed by atoms with van der Waals surface area (Å²) < 4.78 is 46.4. The molecule has 2 aliphatic rings. The zero-order chi connectivity index (χ0) is 19.8. The molecule has 1 aliphatic carbocycles. The molecule has 3 rings (SSSR count). The van der Waals surface area contributed by atoms with Crippen LogP contribution in [-0.4, -0.2) is 45.7 Å². The Morgan fingerprint density at radius 2 is 1.93 bits per heavy atom. The van der Waals surface area contributed by atoms with Gasteiger partial charge in [-0.1, -0.05) is 12.8 Å². The molecule has 1 fully saturated rings. The van der Waals surface area contributed by atoms with Gasteiger partial charge in [-0.2, -0.15) is 8.78 Å². The van der Waals surface area contributed by atoms with E-state index in [4.69, 9.17) is 14.2 Å². The van der Waals surface area contributed by atoms with Crippen molar-refractivity contribution in [1.29, 1.82) is 0 Å². The zero-order valence-electron chi connectivity index (χ0n) is 16.4. The Kier molecular flexibility index (Phi) is 9.98. The Balaban J connectivity index is 0.00000300. The first-order valence-corrected chi connectivity index (χ1v) is 9.59. The number of halogens is 3. The number of aliphatic imine (C=N–C) groups is 1. The third kappa shape index (κ3) is 7.32. The van der Waals surface area contributed by atoms with Gasteiger partial charge in [0.1, 0.15) is 5.75 Å². The van der Waals surface area contributed by atoms with E-state index in [1.165, 1.54) is 18.9 Å². The van der Waals surface area contributed by atoms with E-state index < -0.39 is 6.61 Å². The Morgan fingerprint density at radius 3 is 2.62 bits per heavy atom. The van der Waals surface area contributed by atoms with E-state index >= 15 is 0 Å². The van der Waals surface area contributed by atoms with Crippen molar-refractivity contribution in [2.75, 3.05) is 27.0 Å². The molecule has 0 saturated heterocycles. The van der Waals surface area contributed by atoms with Crippen LogP contribution in [0.1, 0.15) is 37.7 Å². The van der Waals surface area contributed by atoms with Crippen LogP contribution in [0.15, 0.2) is 17.1 Å². The Labute approximate surface area is 186 Å². The van der Waals surface area contributed by atoms with Crippen molar-refractivity contribution in [3.05, 3.63) is 17.7 Å². The highest BCUT2D eigenvalue weighted by molar-refractivity contribution is 14.0. The monoisotopic (exact) mass is 527 g/mol. The van der Waals surface area contributed by atoms with Gasteiger partial charge in [0.2, 0.25) is 6.79 Å². The molecule has 1 aliphatic heterocycles. The van der Waals surface area contributed by atoms with Gasteiger partial charge in [-0.25, -0.2) is 0 Å². The standard InChI is InChI=1S/C19H27F2N3O4.HI/c1-22-19(23-7-4-8-25-14-5-2-3-6-14)24-11-13-9-16-17(27-12-26-16)10-15(13)28-18(20)21;/h9-10,14,18H,2-8,11-12H2,1H3,(H2,22,23,24);1H. The Bertz CT molecular complexity index is 673. The second-order valence-electron chi connectivity index (χ2n) is 6.68. The summed E-state index contributed by atoms with van der Waals surface area (Å²) in [5, 5.41) is 6.29. The smallest absolute Gasteiger partial charge is 0.387 e. The van der Waals surface area contributed by atoms with Crippen molar-refractivity contribution in [1.82, 2.24) is 10.6 Å². The zero-order valence-corrected chi connectivity index (χ0v) is 18.7. The molecule has 1 aromatic carbocycles. The lowest BCUT2D eigenvalue weighted by molar-refractivity contribution is -0.0505. The minimum Gasteiger partial charge on any atom is -0.454 e. The number of ether oxygens (including phenoxy) is 4. The summed E-state index contributed by atoms with van der Waals surface area (Å²) in [6, 6.07) is 3.05. The van der Waals surface area contributed by atoms with Crippen molar-refractivity contribution < 1.29 is 27.7 Å². The van der Waals surface area contributed by atoms with Gasteiger partial charge in [0.05, 0.1) is 6.10 Å². The molecule has 0 spiro atoms. The topological polar surface area (TPSA) is 73.3 Å². The molecule has 10 heteroatoms. The van der Waals surface area contributed by atoms with Gasteiger partial charge in [-0.3, -0.25) is 4.99 Å². The van der Waals surface area contributed by atoms with Crippen LogP contribution in [-0.2, 0) is 11.3 Å². The molecule has 0 unspecified atom stereocenters. The highest BCUT2D eigenvalue weighted by Crippen LogP contribution is 2.38. The number of benzene rings is 1. The van der Waals surface area contributed by atoms with Crippen molar-refractivity contribution in [3.8, 4) is 17.2 Å². The molecular weight excluding hydrogens is 499 g/mol. The molecule has 29 heavy (non-hydrogen) atoms. The van der Waals surface area contributed by atoms with E-state index in [2.05, 4.69) is 20.4 Å². The molecule has 0 bridgehead atoms. The predicted octanol–water partition coefficient (Wildman–Crippen LogP) is 3.65. The predicted molar refractivity (Wildman–Crippen MR) is 116 cm³/mol. The summed E-state index contributed by atoms with van der Waals surface area (Å²) in [6.45, 7) is -1.20. The lowest BCUT2D eigenvalue weighted by Gasteiger charge is -2.16. The highest BCUT2D eigenvalue weighted by atomic mass is 127. The number of fused-ring (bicyclic) bond motifs is 1. The molecule has 0 aromatic heterocycles. The third-order valence-corrected chi connectivity index (χ3v) is 4.71. The number of alkyl halides is 2. The van der Waals surface area contributed by atoms with Gasteiger partial charge in [0.15, 0.2) is 17.5 Å². The first-order valence-electron chi connectivity index (χ1n) is 9.59. The number of hydrogen-bond acceptors (Lipinski definition) is 5. The normalized spacial score (nSPS) is 16.1. The van der Waals surface area contributed by atoms with Gasteiger partial charge in [0.25, 0.3) is 0 Å². The second kappa shape index (κ2) is 12.2. The van der Waals surface area contributed by atoms with E-state index in [9.17, 15) is 8.78 Å². The minimum atomic E-state index is -2.92. The van der Waals surface area contributed by atoms with Crippen LogP contribution in [0, 0.1) is 0 Å². The molecule has 0 amide bonds. The van der Waals surface area contributed by atoms with Crippen LogP contribution in [0.2, 0.25) is 0 Å². The van der Waals surface area contributed by atoms with Crippen LogP contribution in [0.4, 0.5) is 8.78 Å². The molecule has 1 aromatic rings. The average Bonchev–Trinajstić information content (AvgIpc) is 3.34. The summed E-state index contributed by atoms with van der Waals surface area (Å²) in [7, 11) is 1.65. The molecule has 2 N–H and O–H groups in total. The quantitative estimate of drug-likeness (QED) is 0.221. The number of hydrogen-bond donors (Lipinski definition) is 2. The maximum Gasteiger partial charge on any atom is 0.387 e. The second-order valence-corrected chi connectivity index (χ2v) is 6.68. The molecule has 0 radical (unpaired) electrons. The number of nitrogens with zero attached hydrogens (tertiary/aromatic N) is 1. The Hall–Kier alpha value is -1.56. The maximum absolute atomic E-state index is 12.7. The van der Waals surface area contributed by atoms with Crippen LogP contribution >= 0.6 is 24.0 Å². The van der Waals surface area contributed by atoms with E-state index in [0.717, 1.165) is 19.3 Å². The fourth-order valence-corrected chi connectivity index (χ4v) is 3.29. The molecular formula is C19H28F2IN3O4. The minimum absolute atomic E-state index is 0. The molecule has 1 saturated carbocycles. The molecule has 7 nitrogen and oxygen atoms in total. The van der Waals surface area contributed by atoms with E-state index in [1.54, 1.807) is 13.1 Å². The molecule has 164 valence electrons. The summed E-state index contributed by atoms with van der Waals surface area (Å²) in [6.07, 6.45) is 6.12. The van der Waals surface area contributed by atoms with Crippen LogP contribution < -0.4 is 24.8 Å². The number of nitrogens with one attached hydrogen (secondary N) is 2. The SMILES string of the molecule is CN=C(NCCCOC1CCCC1)NCc1cc2c(cc1OC(F)F)OCO2.I. The van der Waals surface area contributed by atoms with Crippen LogP contribution in [0.25, 0.3) is 0 Å². The fraction of sp³-hybridized carbons (Fsp3) is 0.632. The lowest BCUT2D eigenvalue weighted by Crippen LogP contribution is -2.37. The molecule has 0 atom stereocenters. The van der Waals surface area contributed by atoms with Crippen LogP contribution in [0.3, 0.4) is 0 Å². The lowest BCUT2D eigenvalue weighted by atomic mass is 10.1. The third-order valence-electron chi connectivity index (χ3n) is 4.71. The largest absolute Gasteiger partial charge is 0.454 e. The van der Waals surface area contributed by atoms with Crippen molar-refractivity contribution >= 4 is 29.9 Å². The van der Waals surface area contributed by atoms with Gasteiger partial charge < -0.3 is 29.6 Å². The van der Waals surface area contributed by atoms with E-state index in [1.807, 2.05) is 0 Å². The summed E-state index contributed by atoms with van der Waals surface area (Å²) in [5.74, 6) is 1.52. The number of guanidine groups is 1. The van der Waals surface area contributed by atoms with E-state index in [0.29, 0.717) is 42.3 Å². The highest BCUT2D eigenvalue weighted by Gasteiger charge is 2.20. The van der Waals surface area contributed by atoms with Crippen molar-refractivity contribution in [2.24, 2.45) is 4.99 Å². The number of rotatable bonds is 9. The maximum atomic E-state index is 12.7. The van der Waals surface area contributed by atoms with Gasteiger partial charge in [0, 0.05) is 38.4 Å². The summed E-state index contributed by atoms with van der Waals surface area (Å²) >= 11 is 0. The van der Waals surface area contributed by atoms with E-state index in [-0.39, 0.29) is 43.1 Å². The summed E-state index contributed by atoms with van der Waals surface area (Å²) in [4.78, 5) is 4.15. The fourth-order valence-electron chi connectivity index (χ4n) is 3.29. The Morgan fingerprint density at radius 1 is 1.21 bits per heavy atom. The first kappa shape index (κ1) is 23.7.